The number of benzene rings is 2. The summed E-state index contributed by atoms with van der Waals surface area (Å²) in [5.74, 6) is 0.525. The van der Waals surface area contributed by atoms with Crippen molar-refractivity contribution in [2.24, 2.45) is 0 Å². The first-order valence-electron chi connectivity index (χ1n) is 8.04. The van der Waals surface area contributed by atoms with Crippen LogP contribution in [0.5, 0.6) is 5.75 Å². The smallest absolute Gasteiger partial charge is 0.344 e. The number of phenols is 1. The van der Waals surface area contributed by atoms with Crippen LogP contribution in [0.25, 0.3) is 33.9 Å². The van der Waals surface area contributed by atoms with Crippen molar-refractivity contribution < 1.29 is 9.52 Å². The van der Waals surface area contributed by atoms with Crippen molar-refractivity contribution in [3.05, 3.63) is 81.0 Å². The van der Waals surface area contributed by atoms with Gasteiger partial charge in [0.25, 0.3) is 0 Å². The predicted molar refractivity (Wildman–Crippen MR) is 105 cm³/mol. The number of rotatable bonds is 3. The van der Waals surface area contributed by atoms with Gasteiger partial charge in [-0.3, -0.25) is 0 Å². The Hall–Kier alpha value is -3.69. The molecule has 0 fully saturated rings. The lowest BCUT2D eigenvalue weighted by Gasteiger charge is -1.99. The highest BCUT2D eigenvalue weighted by molar-refractivity contribution is 7.11. The monoisotopic (exact) mass is 372 g/mol. The lowest BCUT2D eigenvalue weighted by molar-refractivity contribution is 0.475. The third kappa shape index (κ3) is 3.36. The van der Waals surface area contributed by atoms with Crippen LogP contribution < -0.4 is 5.63 Å². The Bertz CT molecular complexity index is 1260. The molecule has 0 spiro atoms. The van der Waals surface area contributed by atoms with Crippen molar-refractivity contribution in [1.29, 1.82) is 5.26 Å². The van der Waals surface area contributed by atoms with Crippen LogP contribution in [-0.2, 0) is 0 Å². The maximum atomic E-state index is 12.2. The topological polar surface area (TPSA) is 87.1 Å². The highest BCUT2D eigenvalue weighted by Gasteiger charge is 2.12. The van der Waals surface area contributed by atoms with Gasteiger partial charge >= 0.3 is 5.63 Å². The van der Waals surface area contributed by atoms with E-state index < -0.39 is 5.63 Å². The van der Waals surface area contributed by atoms with Gasteiger partial charge in [-0.05, 0) is 41.3 Å². The standard InChI is InChI=1S/C21H12N2O3S/c22-11-15(9-13-5-7-16(24)8-6-13)20-23-18(12-27-20)19-10-14-3-1-2-4-17(14)21(25)26-19/h1-10,12,24H/b15-9-. The maximum absolute atomic E-state index is 12.2. The molecule has 1 N–H and O–H groups in total. The molecule has 0 saturated heterocycles. The van der Waals surface area contributed by atoms with Gasteiger partial charge in [0, 0.05) is 5.38 Å². The van der Waals surface area contributed by atoms with Gasteiger partial charge in [0.1, 0.15) is 22.5 Å². The molecule has 2 aromatic heterocycles. The molecule has 0 amide bonds. The average molecular weight is 372 g/mol. The van der Waals surface area contributed by atoms with Crippen LogP contribution in [0.15, 0.2) is 69.2 Å². The van der Waals surface area contributed by atoms with Crippen molar-refractivity contribution in [1.82, 2.24) is 4.98 Å². The van der Waals surface area contributed by atoms with Crippen LogP contribution in [0.3, 0.4) is 0 Å². The van der Waals surface area contributed by atoms with Crippen molar-refractivity contribution in [3.63, 3.8) is 0 Å². The number of thiazole rings is 1. The Morgan fingerprint density at radius 3 is 2.74 bits per heavy atom. The van der Waals surface area contributed by atoms with E-state index in [-0.39, 0.29) is 5.75 Å². The van der Waals surface area contributed by atoms with Crippen LogP contribution in [0.4, 0.5) is 0 Å². The number of allylic oxidation sites excluding steroid dienone is 1. The molecule has 2 aromatic carbocycles. The third-order valence-electron chi connectivity index (χ3n) is 3.98. The fourth-order valence-electron chi connectivity index (χ4n) is 2.65. The highest BCUT2D eigenvalue weighted by Crippen LogP contribution is 2.28. The second-order valence-corrected chi connectivity index (χ2v) is 6.64. The van der Waals surface area contributed by atoms with Gasteiger partial charge in [0.05, 0.1) is 11.0 Å². The van der Waals surface area contributed by atoms with Crippen molar-refractivity contribution in [3.8, 4) is 23.3 Å². The minimum Gasteiger partial charge on any atom is -0.508 e. The van der Waals surface area contributed by atoms with E-state index in [0.717, 1.165) is 10.9 Å². The Morgan fingerprint density at radius 1 is 1.19 bits per heavy atom. The van der Waals surface area contributed by atoms with Crippen molar-refractivity contribution in [2.45, 2.75) is 0 Å². The van der Waals surface area contributed by atoms with Gasteiger partial charge in [-0.1, -0.05) is 30.3 Å². The summed E-state index contributed by atoms with van der Waals surface area (Å²) in [7, 11) is 0. The summed E-state index contributed by atoms with van der Waals surface area (Å²) < 4.78 is 5.39. The first-order chi connectivity index (χ1) is 13.1. The van der Waals surface area contributed by atoms with E-state index in [0.29, 0.717) is 27.4 Å². The average Bonchev–Trinajstić information content (AvgIpc) is 3.17. The molecule has 5 nitrogen and oxygen atoms in total. The molecule has 4 rings (SSSR count). The fourth-order valence-corrected chi connectivity index (χ4v) is 3.42. The number of aromatic hydroxyl groups is 1. The zero-order chi connectivity index (χ0) is 18.8. The number of nitriles is 1. The van der Waals surface area contributed by atoms with E-state index in [1.165, 1.54) is 11.3 Å². The minimum atomic E-state index is -0.419. The zero-order valence-corrected chi connectivity index (χ0v) is 14.7. The van der Waals surface area contributed by atoms with Crippen molar-refractivity contribution >= 4 is 33.8 Å². The Morgan fingerprint density at radius 2 is 1.96 bits per heavy atom. The zero-order valence-electron chi connectivity index (χ0n) is 13.9. The molecule has 0 aliphatic heterocycles. The first kappa shape index (κ1) is 16.8. The van der Waals surface area contributed by atoms with Gasteiger partial charge in [-0.2, -0.15) is 5.26 Å². The second kappa shape index (κ2) is 6.90. The van der Waals surface area contributed by atoms with E-state index in [1.807, 2.05) is 12.1 Å². The summed E-state index contributed by atoms with van der Waals surface area (Å²) in [4.78, 5) is 16.6. The molecule has 0 aliphatic carbocycles. The molecule has 6 heteroatoms. The molecule has 0 aliphatic rings. The molecular weight excluding hydrogens is 360 g/mol. The van der Waals surface area contributed by atoms with Crippen LogP contribution in [0.1, 0.15) is 10.6 Å². The molecule has 0 radical (unpaired) electrons. The molecule has 130 valence electrons. The SMILES string of the molecule is N#C/C(=C/c1ccc(O)cc1)c1nc(-c2cc3ccccc3c(=O)o2)cs1. The molecule has 0 unspecified atom stereocenters. The molecule has 0 saturated carbocycles. The number of phenolic OH excluding ortho intramolecular Hbond substituents is 1. The van der Waals surface area contributed by atoms with E-state index in [4.69, 9.17) is 4.42 Å². The first-order valence-corrected chi connectivity index (χ1v) is 8.92. The molecule has 27 heavy (non-hydrogen) atoms. The highest BCUT2D eigenvalue weighted by atomic mass is 32.1. The van der Waals surface area contributed by atoms with Gasteiger partial charge in [0.2, 0.25) is 0 Å². The Kier molecular flexibility index (Phi) is 4.29. The summed E-state index contributed by atoms with van der Waals surface area (Å²) in [6.45, 7) is 0. The minimum absolute atomic E-state index is 0.161. The van der Waals surface area contributed by atoms with Gasteiger partial charge < -0.3 is 9.52 Å². The lowest BCUT2D eigenvalue weighted by atomic mass is 10.1. The summed E-state index contributed by atoms with van der Waals surface area (Å²) in [5, 5.41) is 22.4. The predicted octanol–water partition coefficient (Wildman–Crippen LogP) is 4.69. The summed E-state index contributed by atoms with van der Waals surface area (Å²) in [6.07, 6.45) is 1.69. The second-order valence-electron chi connectivity index (χ2n) is 5.78. The number of aromatic nitrogens is 1. The van der Waals surface area contributed by atoms with E-state index in [2.05, 4.69) is 11.1 Å². The molecule has 0 atom stereocenters. The largest absolute Gasteiger partial charge is 0.508 e. The van der Waals surface area contributed by atoms with Crippen LogP contribution in [-0.4, -0.2) is 10.1 Å². The van der Waals surface area contributed by atoms with Crippen LogP contribution >= 0.6 is 11.3 Å². The number of hydrogen-bond donors (Lipinski definition) is 1. The third-order valence-corrected chi connectivity index (χ3v) is 4.86. The van der Waals surface area contributed by atoms with Gasteiger partial charge in [-0.15, -0.1) is 11.3 Å². The van der Waals surface area contributed by atoms with E-state index in [1.54, 1.807) is 53.9 Å². The van der Waals surface area contributed by atoms with E-state index in [9.17, 15) is 15.2 Å². The summed E-state index contributed by atoms with van der Waals surface area (Å²) >= 11 is 1.30. The maximum Gasteiger partial charge on any atom is 0.344 e. The van der Waals surface area contributed by atoms with Crippen molar-refractivity contribution in [2.75, 3.05) is 0 Å². The quantitative estimate of drug-likeness (QED) is 0.527. The molecule has 0 bridgehead atoms. The van der Waals surface area contributed by atoms with Gasteiger partial charge in [-0.25, -0.2) is 9.78 Å². The normalized spacial score (nSPS) is 11.4. The number of hydrogen-bond acceptors (Lipinski definition) is 6. The van der Waals surface area contributed by atoms with E-state index >= 15 is 0 Å². The molecular formula is C21H12N2O3S. The van der Waals surface area contributed by atoms with Gasteiger partial charge in [0.15, 0.2) is 5.76 Å². The summed E-state index contributed by atoms with van der Waals surface area (Å²) in [6, 6.07) is 17.6. The lowest BCUT2D eigenvalue weighted by Crippen LogP contribution is -2.00. The Balaban J connectivity index is 1.73. The molecule has 2 heterocycles. The fraction of sp³-hybridized carbons (Fsp3) is 0. The number of fused-ring (bicyclic) bond motifs is 1. The van der Waals surface area contributed by atoms with Crippen LogP contribution in [0.2, 0.25) is 0 Å². The van der Waals surface area contributed by atoms with Crippen LogP contribution in [0, 0.1) is 11.3 Å². The molecule has 4 aromatic rings. The summed E-state index contributed by atoms with van der Waals surface area (Å²) in [5.41, 5.74) is 1.25. The number of nitrogens with zero attached hydrogens (tertiary/aromatic N) is 2. The Labute approximate surface area is 158 Å².